The molecule has 2 aromatic carbocycles. The van der Waals surface area contributed by atoms with Crippen molar-refractivity contribution in [2.24, 2.45) is 0 Å². The molecule has 0 aliphatic carbocycles. The van der Waals surface area contributed by atoms with Crippen LogP contribution in [0.15, 0.2) is 73.2 Å². The molecule has 37 heavy (non-hydrogen) atoms. The summed E-state index contributed by atoms with van der Waals surface area (Å²) in [4.78, 5) is 20.3. The maximum atomic E-state index is 13.5. The van der Waals surface area contributed by atoms with Gasteiger partial charge in [-0.25, -0.2) is 14.8 Å². The maximum absolute atomic E-state index is 13.5. The van der Waals surface area contributed by atoms with Crippen LogP contribution in [0.25, 0.3) is 27.2 Å². The van der Waals surface area contributed by atoms with Crippen LogP contribution in [0.4, 0.5) is 19.0 Å². The monoisotopic (exact) mass is 524 g/mol. The first kappa shape index (κ1) is 24.3. The number of anilines is 1. The SMILES string of the molecule is C[C@@H](Oc1cc(-n2cnc3cc(-c4ccnc(N)c4)ccc32)sc1C(=O)O)c1ccccc1C(F)(F)F. The summed E-state index contributed by atoms with van der Waals surface area (Å²) in [5.74, 6) is -0.880. The van der Waals surface area contributed by atoms with Crippen molar-refractivity contribution in [3.05, 3.63) is 89.2 Å². The van der Waals surface area contributed by atoms with Crippen molar-refractivity contribution in [3.63, 3.8) is 0 Å². The van der Waals surface area contributed by atoms with E-state index in [-0.39, 0.29) is 16.2 Å². The molecular weight excluding hydrogens is 505 g/mol. The second-order valence-electron chi connectivity index (χ2n) is 8.22. The van der Waals surface area contributed by atoms with Gasteiger partial charge in [0.1, 0.15) is 29.0 Å². The third kappa shape index (κ3) is 4.73. The molecule has 188 valence electrons. The minimum Gasteiger partial charge on any atom is -0.484 e. The van der Waals surface area contributed by atoms with Crippen LogP contribution < -0.4 is 10.5 Å². The zero-order valence-electron chi connectivity index (χ0n) is 19.2. The number of benzene rings is 2. The number of fused-ring (bicyclic) bond motifs is 1. The van der Waals surface area contributed by atoms with Crippen molar-refractivity contribution in [2.75, 3.05) is 5.73 Å². The van der Waals surface area contributed by atoms with Gasteiger partial charge in [0, 0.05) is 17.8 Å². The first-order chi connectivity index (χ1) is 17.6. The number of hydrogen-bond donors (Lipinski definition) is 2. The first-order valence-corrected chi connectivity index (χ1v) is 11.8. The summed E-state index contributed by atoms with van der Waals surface area (Å²) in [5.41, 5.74) is 7.99. The molecule has 0 fully saturated rings. The van der Waals surface area contributed by atoms with E-state index in [1.54, 1.807) is 23.2 Å². The molecule has 3 heterocycles. The van der Waals surface area contributed by atoms with E-state index >= 15 is 0 Å². The van der Waals surface area contributed by atoms with Crippen LogP contribution in [-0.2, 0) is 6.18 Å². The van der Waals surface area contributed by atoms with Crippen LogP contribution in [-0.4, -0.2) is 25.6 Å². The third-order valence-corrected chi connectivity index (χ3v) is 6.89. The highest BCUT2D eigenvalue weighted by Gasteiger charge is 2.35. The number of rotatable bonds is 6. The van der Waals surface area contributed by atoms with Crippen LogP contribution in [0.5, 0.6) is 5.75 Å². The number of carboxylic acids is 1. The highest BCUT2D eigenvalue weighted by atomic mass is 32.1. The van der Waals surface area contributed by atoms with Gasteiger partial charge in [-0.1, -0.05) is 24.3 Å². The zero-order chi connectivity index (χ0) is 26.3. The van der Waals surface area contributed by atoms with Crippen LogP contribution >= 0.6 is 11.3 Å². The van der Waals surface area contributed by atoms with Crippen molar-refractivity contribution in [2.45, 2.75) is 19.2 Å². The second-order valence-corrected chi connectivity index (χ2v) is 9.25. The quantitative estimate of drug-likeness (QED) is 0.260. The predicted molar refractivity (Wildman–Crippen MR) is 134 cm³/mol. The van der Waals surface area contributed by atoms with Gasteiger partial charge in [0.25, 0.3) is 0 Å². The van der Waals surface area contributed by atoms with E-state index in [1.807, 2.05) is 24.3 Å². The number of aromatic carboxylic acids is 1. The molecule has 0 unspecified atom stereocenters. The van der Waals surface area contributed by atoms with Gasteiger partial charge in [0.2, 0.25) is 0 Å². The number of alkyl halides is 3. The van der Waals surface area contributed by atoms with Crippen molar-refractivity contribution in [1.82, 2.24) is 14.5 Å². The van der Waals surface area contributed by atoms with E-state index < -0.39 is 23.8 Å². The molecule has 0 spiro atoms. The van der Waals surface area contributed by atoms with Crippen molar-refractivity contribution < 1.29 is 27.8 Å². The van der Waals surface area contributed by atoms with Crippen molar-refractivity contribution in [3.8, 4) is 21.9 Å². The summed E-state index contributed by atoms with van der Waals surface area (Å²) in [6.07, 6.45) is -2.45. The standard InChI is InChI=1S/C26H19F3N4O3S/c1-14(17-4-2-3-5-18(17)26(27,28)29)36-21-12-23(37-24(21)25(34)35)33-13-32-19-10-15(6-7-20(19)33)16-8-9-31-22(30)11-16/h2-14H,1H3,(H2,30,31)(H,34,35)/t14-/m1/s1. The van der Waals surface area contributed by atoms with Gasteiger partial charge in [0.15, 0.2) is 4.88 Å². The van der Waals surface area contributed by atoms with Crippen LogP contribution in [0, 0.1) is 0 Å². The molecular formula is C26H19F3N4O3S. The molecule has 0 aliphatic heterocycles. The number of nitrogen functional groups attached to an aromatic ring is 1. The number of carboxylic acid groups (broad SMARTS) is 1. The number of ether oxygens (including phenoxy) is 1. The molecule has 0 amide bonds. The Labute approximate surface area is 212 Å². The Bertz CT molecular complexity index is 1630. The van der Waals surface area contributed by atoms with E-state index in [4.69, 9.17) is 10.5 Å². The molecule has 5 aromatic rings. The highest BCUT2D eigenvalue weighted by Crippen LogP contribution is 2.39. The summed E-state index contributed by atoms with van der Waals surface area (Å²) in [5, 5.41) is 10.2. The largest absolute Gasteiger partial charge is 0.484 e. The number of nitrogens with zero attached hydrogens (tertiary/aromatic N) is 3. The van der Waals surface area contributed by atoms with Crippen LogP contribution in [0.1, 0.15) is 33.8 Å². The van der Waals surface area contributed by atoms with Gasteiger partial charge in [-0.3, -0.25) is 4.57 Å². The topological polar surface area (TPSA) is 103 Å². The van der Waals surface area contributed by atoms with E-state index in [9.17, 15) is 23.1 Å². The van der Waals surface area contributed by atoms with Gasteiger partial charge >= 0.3 is 12.1 Å². The minimum atomic E-state index is -4.57. The second kappa shape index (κ2) is 9.25. The average molecular weight is 525 g/mol. The molecule has 11 heteroatoms. The molecule has 0 bridgehead atoms. The van der Waals surface area contributed by atoms with Crippen LogP contribution in [0.2, 0.25) is 0 Å². The highest BCUT2D eigenvalue weighted by molar-refractivity contribution is 7.16. The Morgan fingerprint density at radius 2 is 1.84 bits per heavy atom. The Morgan fingerprint density at radius 1 is 1.08 bits per heavy atom. The normalized spacial score (nSPS) is 12.5. The smallest absolute Gasteiger partial charge is 0.416 e. The lowest BCUT2D eigenvalue weighted by Crippen LogP contribution is -2.14. The van der Waals surface area contributed by atoms with Gasteiger partial charge in [0.05, 0.1) is 16.6 Å². The first-order valence-electron chi connectivity index (χ1n) is 11.0. The lowest BCUT2D eigenvalue weighted by atomic mass is 10.0. The third-order valence-electron chi connectivity index (χ3n) is 5.79. The molecule has 7 nitrogen and oxygen atoms in total. The Balaban J connectivity index is 1.50. The van der Waals surface area contributed by atoms with Crippen LogP contribution in [0.3, 0.4) is 0 Å². The number of carbonyl (C=O) groups is 1. The molecule has 0 saturated carbocycles. The fraction of sp³-hybridized carbons (Fsp3) is 0.115. The van der Waals surface area contributed by atoms with Gasteiger partial charge < -0.3 is 15.6 Å². The summed E-state index contributed by atoms with van der Waals surface area (Å²) >= 11 is 0.941. The molecule has 3 N–H and O–H groups in total. The minimum absolute atomic E-state index is 0.0253. The average Bonchev–Trinajstić information content (AvgIpc) is 3.47. The number of pyridine rings is 1. The van der Waals surface area contributed by atoms with E-state index in [1.165, 1.54) is 31.2 Å². The predicted octanol–water partition coefficient (Wildman–Crippen LogP) is 6.59. The Hall–Kier alpha value is -4.38. The van der Waals surface area contributed by atoms with Crippen molar-refractivity contribution in [1.29, 1.82) is 0 Å². The summed E-state index contributed by atoms with van der Waals surface area (Å²) in [7, 11) is 0. The molecule has 3 aromatic heterocycles. The van der Waals surface area contributed by atoms with E-state index in [0.29, 0.717) is 21.9 Å². The lowest BCUT2D eigenvalue weighted by molar-refractivity contribution is -0.139. The number of halogens is 3. The van der Waals surface area contributed by atoms with Crippen molar-refractivity contribution >= 4 is 34.2 Å². The number of aromatic nitrogens is 3. The number of thiophene rings is 1. The molecule has 1 atom stereocenters. The molecule has 0 saturated heterocycles. The maximum Gasteiger partial charge on any atom is 0.416 e. The molecule has 0 radical (unpaired) electrons. The summed E-state index contributed by atoms with van der Waals surface area (Å²) < 4.78 is 47.9. The van der Waals surface area contributed by atoms with E-state index in [2.05, 4.69) is 9.97 Å². The fourth-order valence-electron chi connectivity index (χ4n) is 4.08. The Morgan fingerprint density at radius 3 is 2.57 bits per heavy atom. The zero-order valence-corrected chi connectivity index (χ0v) is 20.0. The number of hydrogen-bond acceptors (Lipinski definition) is 6. The number of imidazole rings is 1. The van der Waals surface area contributed by atoms with Gasteiger partial charge in [-0.15, -0.1) is 11.3 Å². The fourth-order valence-corrected chi connectivity index (χ4v) is 4.99. The molecule has 5 rings (SSSR count). The van der Waals surface area contributed by atoms with E-state index in [0.717, 1.165) is 28.5 Å². The van der Waals surface area contributed by atoms with Gasteiger partial charge in [-0.2, -0.15) is 13.2 Å². The lowest BCUT2D eigenvalue weighted by Gasteiger charge is -2.19. The molecule has 0 aliphatic rings. The van der Waals surface area contributed by atoms with Gasteiger partial charge in [-0.05, 0) is 48.4 Å². The number of nitrogens with two attached hydrogens (primary N) is 1. The Kier molecular flexibility index (Phi) is 6.08. The summed E-state index contributed by atoms with van der Waals surface area (Å²) in [6.45, 7) is 1.45. The summed E-state index contributed by atoms with van der Waals surface area (Å²) in [6, 6.07) is 15.7.